The third-order valence-electron chi connectivity index (χ3n) is 3.63. The molecule has 0 unspecified atom stereocenters. The van der Waals surface area contributed by atoms with Gasteiger partial charge in [0.15, 0.2) is 5.96 Å². The molecular weight excluding hydrogens is 236 g/mol. The minimum Gasteiger partial charge on any atom is -0.349 e. The summed E-state index contributed by atoms with van der Waals surface area (Å²) in [5, 5.41) is 0. The van der Waals surface area contributed by atoms with E-state index in [4.69, 9.17) is 0 Å². The molecule has 4 nitrogen and oxygen atoms in total. The normalized spacial score (nSPS) is 16.2. The van der Waals surface area contributed by atoms with Crippen LogP contribution in [0.15, 0.2) is 4.99 Å². The SMILES string of the molecule is CN(C)C(=NCCCCCN1CCCCC1)N(C)C. The van der Waals surface area contributed by atoms with E-state index in [1.807, 2.05) is 0 Å². The molecule has 1 fully saturated rings. The summed E-state index contributed by atoms with van der Waals surface area (Å²) >= 11 is 0. The Kier molecular flexibility index (Phi) is 7.87. The van der Waals surface area contributed by atoms with Crippen LogP contribution in [0.5, 0.6) is 0 Å². The Morgan fingerprint density at radius 3 is 2.11 bits per heavy atom. The van der Waals surface area contributed by atoms with E-state index in [2.05, 4.69) is 47.9 Å². The maximum atomic E-state index is 4.66. The quantitative estimate of drug-likeness (QED) is 0.418. The molecule has 0 aromatic rings. The molecule has 112 valence electrons. The van der Waals surface area contributed by atoms with Crippen LogP contribution in [0.2, 0.25) is 0 Å². The summed E-state index contributed by atoms with van der Waals surface area (Å²) < 4.78 is 0. The van der Waals surface area contributed by atoms with Crippen LogP contribution in [0.4, 0.5) is 0 Å². The number of aliphatic imine (C=N–C) groups is 1. The molecule has 0 aromatic heterocycles. The van der Waals surface area contributed by atoms with Crippen molar-refractivity contribution in [2.45, 2.75) is 38.5 Å². The Hall–Kier alpha value is -0.770. The molecule has 1 saturated heterocycles. The lowest BCUT2D eigenvalue weighted by atomic mass is 10.1. The Bertz CT molecular complexity index is 245. The maximum Gasteiger partial charge on any atom is 0.195 e. The lowest BCUT2D eigenvalue weighted by molar-refractivity contribution is 0.224. The van der Waals surface area contributed by atoms with Gasteiger partial charge in [0.2, 0.25) is 0 Å². The van der Waals surface area contributed by atoms with Crippen molar-refractivity contribution in [2.75, 3.05) is 54.4 Å². The second-order valence-electron chi connectivity index (χ2n) is 5.93. The van der Waals surface area contributed by atoms with Crippen LogP contribution in [-0.4, -0.2) is 75.0 Å². The molecule has 0 spiro atoms. The van der Waals surface area contributed by atoms with Gasteiger partial charge in [0.25, 0.3) is 0 Å². The van der Waals surface area contributed by atoms with Gasteiger partial charge in [-0.25, -0.2) is 0 Å². The molecule has 4 heteroatoms. The molecule has 0 aliphatic carbocycles. The molecule has 1 aliphatic heterocycles. The Balaban J connectivity index is 2.08. The molecule has 0 bridgehead atoms. The largest absolute Gasteiger partial charge is 0.349 e. The van der Waals surface area contributed by atoms with E-state index < -0.39 is 0 Å². The van der Waals surface area contributed by atoms with Crippen LogP contribution in [0, 0.1) is 0 Å². The molecule has 0 radical (unpaired) electrons. The van der Waals surface area contributed by atoms with Crippen LogP contribution >= 0.6 is 0 Å². The number of likely N-dealkylation sites (tertiary alicyclic amines) is 1. The highest BCUT2D eigenvalue weighted by Crippen LogP contribution is 2.09. The number of hydrogen-bond acceptors (Lipinski definition) is 2. The molecule has 0 aromatic carbocycles. The number of nitrogens with zero attached hydrogens (tertiary/aromatic N) is 4. The van der Waals surface area contributed by atoms with E-state index in [-0.39, 0.29) is 0 Å². The summed E-state index contributed by atoms with van der Waals surface area (Å²) in [7, 11) is 8.20. The van der Waals surface area contributed by atoms with Gasteiger partial charge < -0.3 is 14.7 Å². The summed E-state index contributed by atoms with van der Waals surface area (Å²) in [6.45, 7) is 4.89. The summed E-state index contributed by atoms with van der Waals surface area (Å²) in [6.07, 6.45) is 8.07. The second-order valence-corrected chi connectivity index (χ2v) is 5.93. The highest BCUT2D eigenvalue weighted by atomic mass is 15.3. The lowest BCUT2D eigenvalue weighted by Gasteiger charge is -2.26. The minimum absolute atomic E-state index is 0.950. The average Bonchev–Trinajstić information content (AvgIpc) is 2.38. The Morgan fingerprint density at radius 1 is 0.895 bits per heavy atom. The van der Waals surface area contributed by atoms with Crippen LogP contribution in [-0.2, 0) is 0 Å². The van der Waals surface area contributed by atoms with Crippen molar-refractivity contribution in [3.05, 3.63) is 0 Å². The lowest BCUT2D eigenvalue weighted by Crippen LogP contribution is -2.35. The van der Waals surface area contributed by atoms with Crippen molar-refractivity contribution in [1.82, 2.24) is 14.7 Å². The standard InChI is InChI=1S/C15H32N4/c1-17(2)15(18(3)4)16-11-7-5-8-12-19-13-9-6-10-14-19/h5-14H2,1-4H3. The van der Waals surface area contributed by atoms with E-state index in [1.165, 1.54) is 58.2 Å². The number of hydrogen-bond donors (Lipinski definition) is 0. The monoisotopic (exact) mass is 268 g/mol. The summed E-state index contributed by atoms with van der Waals surface area (Å²) in [4.78, 5) is 11.4. The predicted octanol–water partition coefficient (Wildman–Crippen LogP) is 2.12. The zero-order chi connectivity index (χ0) is 14.1. The molecule has 1 heterocycles. The van der Waals surface area contributed by atoms with Gasteiger partial charge >= 0.3 is 0 Å². The van der Waals surface area contributed by atoms with E-state index in [9.17, 15) is 0 Å². The van der Waals surface area contributed by atoms with Gasteiger partial charge in [0, 0.05) is 34.7 Å². The van der Waals surface area contributed by atoms with E-state index in [1.54, 1.807) is 0 Å². The van der Waals surface area contributed by atoms with Crippen LogP contribution < -0.4 is 0 Å². The fourth-order valence-corrected chi connectivity index (χ4v) is 2.67. The third kappa shape index (κ3) is 6.81. The first-order valence-electron chi connectivity index (χ1n) is 7.72. The van der Waals surface area contributed by atoms with Crippen molar-refractivity contribution < 1.29 is 0 Å². The van der Waals surface area contributed by atoms with Crippen LogP contribution in [0.1, 0.15) is 38.5 Å². The molecule has 0 saturated carbocycles. The van der Waals surface area contributed by atoms with Crippen LogP contribution in [0.25, 0.3) is 0 Å². The fraction of sp³-hybridized carbons (Fsp3) is 0.933. The van der Waals surface area contributed by atoms with Crippen molar-refractivity contribution in [1.29, 1.82) is 0 Å². The number of rotatable bonds is 6. The third-order valence-corrected chi connectivity index (χ3v) is 3.63. The Morgan fingerprint density at radius 2 is 1.53 bits per heavy atom. The minimum atomic E-state index is 0.950. The zero-order valence-corrected chi connectivity index (χ0v) is 13.4. The van der Waals surface area contributed by atoms with Gasteiger partial charge in [-0.05, 0) is 45.3 Å². The summed E-state index contributed by atoms with van der Waals surface area (Å²) in [6, 6.07) is 0. The van der Waals surface area contributed by atoms with E-state index in [0.29, 0.717) is 0 Å². The van der Waals surface area contributed by atoms with E-state index in [0.717, 1.165) is 12.5 Å². The number of guanidine groups is 1. The maximum absolute atomic E-state index is 4.66. The second kappa shape index (κ2) is 9.18. The zero-order valence-electron chi connectivity index (χ0n) is 13.4. The van der Waals surface area contributed by atoms with Gasteiger partial charge in [0.1, 0.15) is 0 Å². The summed E-state index contributed by atoms with van der Waals surface area (Å²) in [5.74, 6) is 1.07. The first-order valence-corrected chi connectivity index (χ1v) is 7.72. The van der Waals surface area contributed by atoms with Gasteiger partial charge in [-0.15, -0.1) is 0 Å². The van der Waals surface area contributed by atoms with Crippen molar-refractivity contribution in [3.63, 3.8) is 0 Å². The topological polar surface area (TPSA) is 22.1 Å². The summed E-state index contributed by atoms with van der Waals surface area (Å²) in [5.41, 5.74) is 0. The first kappa shape index (κ1) is 16.3. The van der Waals surface area contributed by atoms with Crippen molar-refractivity contribution >= 4 is 5.96 Å². The van der Waals surface area contributed by atoms with Gasteiger partial charge in [0.05, 0.1) is 0 Å². The smallest absolute Gasteiger partial charge is 0.195 e. The highest BCUT2D eigenvalue weighted by molar-refractivity contribution is 5.79. The average molecular weight is 268 g/mol. The van der Waals surface area contributed by atoms with E-state index >= 15 is 0 Å². The molecular formula is C15H32N4. The fourth-order valence-electron chi connectivity index (χ4n) is 2.67. The molecule has 1 rings (SSSR count). The molecule has 0 N–H and O–H groups in total. The molecule has 0 amide bonds. The van der Waals surface area contributed by atoms with Gasteiger partial charge in [-0.1, -0.05) is 12.8 Å². The van der Waals surface area contributed by atoms with Gasteiger partial charge in [-0.3, -0.25) is 4.99 Å². The molecule has 0 atom stereocenters. The molecule has 1 aliphatic rings. The van der Waals surface area contributed by atoms with Crippen LogP contribution in [0.3, 0.4) is 0 Å². The number of unbranched alkanes of at least 4 members (excludes halogenated alkanes) is 2. The van der Waals surface area contributed by atoms with Gasteiger partial charge in [-0.2, -0.15) is 0 Å². The molecule has 19 heavy (non-hydrogen) atoms. The van der Waals surface area contributed by atoms with Crippen molar-refractivity contribution in [3.8, 4) is 0 Å². The Labute approximate surface area is 119 Å². The van der Waals surface area contributed by atoms with Crippen molar-refractivity contribution in [2.24, 2.45) is 4.99 Å². The number of piperidine rings is 1. The predicted molar refractivity (Wildman–Crippen MR) is 83.8 cm³/mol. The first-order chi connectivity index (χ1) is 9.11. The highest BCUT2D eigenvalue weighted by Gasteiger charge is 2.08.